The van der Waals surface area contributed by atoms with Gasteiger partial charge in [0.25, 0.3) is 0 Å². The van der Waals surface area contributed by atoms with Gasteiger partial charge in [0.2, 0.25) is 0 Å². The Bertz CT molecular complexity index is 940. The van der Waals surface area contributed by atoms with E-state index in [1.54, 1.807) is 6.07 Å². The monoisotopic (exact) mass is 323 g/mol. The van der Waals surface area contributed by atoms with Crippen LogP contribution in [-0.4, -0.2) is 29.1 Å². The molecule has 0 saturated heterocycles. The summed E-state index contributed by atoms with van der Waals surface area (Å²) >= 11 is 0. The molecule has 3 rings (SSSR count). The van der Waals surface area contributed by atoms with Gasteiger partial charge in [0.15, 0.2) is 0 Å². The Labute approximate surface area is 138 Å². The van der Waals surface area contributed by atoms with Crippen LogP contribution in [0.25, 0.3) is 22.0 Å². The predicted molar refractivity (Wildman–Crippen MR) is 91.2 cm³/mol. The predicted octanol–water partition coefficient (Wildman–Crippen LogP) is 3.56. The summed E-state index contributed by atoms with van der Waals surface area (Å²) in [7, 11) is 1.33. The quantitative estimate of drug-likeness (QED) is 0.720. The summed E-state index contributed by atoms with van der Waals surface area (Å²) in [6.45, 7) is 2.00. The van der Waals surface area contributed by atoms with Crippen molar-refractivity contribution in [2.75, 3.05) is 7.11 Å². The van der Waals surface area contributed by atoms with E-state index in [1.165, 1.54) is 7.11 Å². The summed E-state index contributed by atoms with van der Waals surface area (Å²) in [5.41, 5.74) is 4.55. The van der Waals surface area contributed by atoms with Crippen LogP contribution in [-0.2, 0) is 16.0 Å². The van der Waals surface area contributed by atoms with Crippen LogP contribution in [0.5, 0.6) is 0 Å². The third-order valence-electron chi connectivity index (χ3n) is 4.11. The fourth-order valence-corrected chi connectivity index (χ4v) is 2.87. The third kappa shape index (κ3) is 2.76. The van der Waals surface area contributed by atoms with Crippen molar-refractivity contribution in [1.29, 1.82) is 0 Å². The average Bonchev–Trinajstić information content (AvgIpc) is 3.02. The van der Waals surface area contributed by atoms with Gasteiger partial charge in [-0.05, 0) is 29.7 Å². The molecule has 0 spiro atoms. The first-order valence-corrected chi connectivity index (χ1v) is 7.52. The second-order valence-corrected chi connectivity index (χ2v) is 5.62. The summed E-state index contributed by atoms with van der Waals surface area (Å²) in [5.74, 6) is -1.40. The number of carbonyl (C=O) groups excluding carboxylic acids is 1. The lowest BCUT2D eigenvalue weighted by Crippen LogP contribution is -2.04. The maximum atomic E-state index is 11.6. The van der Waals surface area contributed by atoms with Crippen molar-refractivity contribution in [2.45, 2.75) is 13.3 Å². The number of esters is 1. The molecule has 0 saturated carbocycles. The Hall–Kier alpha value is -3.08. The van der Waals surface area contributed by atoms with Crippen LogP contribution < -0.4 is 0 Å². The van der Waals surface area contributed by atoms with Crippen molar-refractivity contribution in [2.24, 2.45) is 0 Å². The fourth-order valence-electron chi connectivity index (χ4n) is 2.87. The van der Waals surface area contributed by atoms with Crippen molar-refractivity contribution in [3.05, 3.63) is 59.3 Å². The van der Waals surface area contributed by atoms with Crippen LogP contribution in [0.3, 0.4) is 0 Å². The summed E-state index contributed by atoms with van der Waals surface area (Å²) in [5, 5.41) is 10.0. The Morgan fingerprint density at radius 3 is 2.54 bits per heavy atom. The van der Waals surface area contributed by atoms with Gasteiger partial charge < -0.3 is 14.8 Å². The third-order valence-corrected chi connectivity index (χ3v) is 4.11. The highest BCUT2D eigenvalue weighted by Gasteiger charge is 2.17. The Morgan fingerprint density at radius 1 is 1.12 bits per heavy atom. The molecule has 5 heteroatoms. The number of carboxylic acids is 1. The lowest BCUT2D eigenvalue weighted by atomic mass is 9.96. The first-order valence-electron chi connectivity index (χ1n) is 7.52. The SMILES string of the molecule is COC(=O)Cc1ccc(-c2ccccc2C)c2[nH]c(C(=O)O)cc12. The molecule has 3 aromatic rings. The number of carbonyl (C=O) groups is 2. The molecule has 0 fully saturated rings. The van der Waals surface area contributed by atoms with Crippen molar-refractivity contribution in [3.63, 3.8) is 0 Å². The molecule has 0 aliphatic rings. The van der Waals surface area contributed by atoms with E-state index in [4.69, 9.17) is 4.74 Å². The number of aryl methyl sites for hydroxylation is 1. The molecule has 0 atom stereocenters. The molecule has 2 N–H and O–H groups in total. The molecular formula is C19H17NO4. The van der Waals surface area contributed by atoms with E-state index in [0.29, 0.717) is 5.52 Å². The molecule has 0 amide bonds. The molecule has 2 aromatic carbocycles. The first kappa shape index (κ1) is 15.8. The molecule has 24 heavy (non-hydrogen) atoms. The molecule has 5 nitrogen and oxygen atoms in total. The number of benzene rings is 2. The summed E-state index contributed by atoms with van der Waals surface area (Å²) in [6, 6.07) is 13.2. The molecule has 0 aliphatic heterocycles. The molecule has 0 bridgehead atoms. The number of aromatic carboxylic acids is 1. The van der Waals surface area contributed by atoms with Crippen molar-refractivity contribution in [3.8, 4) is 11.1 Å². The number of hydrogen-bond donors (Lipinski definition) is 2. The van der Waals surface area contributed by atoms with Crippen molar-refractivity contribution >= 4 is 22.8 Å². The smallest absolute Gasteiger partial charge is 0.352 e. The Balaban J connectivity index is 2.25. The standard InChI is InChI=1S/C19H17NO4/c1-11-5-3-4-6-13(11)14-8-7-12(9-17(21)24-2)15-10-16(19(22)23)20-18(14)15/h3-8,10,20H,9H2,1-2H3,(H,22,23). The number of carboxylic acid groups (broad SMARTS) is 1. The van der Waals surface area contributed by atoms with Gasteiger partial charge >= 0.3 is 11.9 Å². The number of nitrogens with one attached hydrogen (secondary N) is 1. The van der Waals surface area contributed by atoms with Crippen LogP contribution in [0.4, 0.5) is 0 Å². The highest BCUT2D eigenvalue weighted by atomic mass is 16.5. The van der Waals surface area contributed by atoms with Gasteiger partial charge in [-0.25, -0.2) is 4.79 Å². The number of ether oxygens (including phenoxy) is 1. The minimum absolute atomic E-state index is 0.0946. The van der Waals surface area contributed by atoms with Crippen LogP contribution in [0.1, 0.15) is 21.6 Å². The maximum Gasteiger partial charge on any atom is 0.352 e. The second kappa shape index (κ2) is 6.20. The number of hydrogen-bond acceptors (Lipinski definition) is 3. The van der Waals surface area contributed by atoms with E-state index in [-0.39, 0.29) is 18.1 Å². The normalized spacial score (nSPS) is 10.8. The largest absolute Gasteiger partial charge is 0.477 e. The highest BCUT2D eigenvalue weighted by Crippen LogP contribution is 2.33. The van der Waals surface area contributed by atoms with Crippen molar-refractivity contribution in [1.82, 2.24) is 4.98 Å². The number of rotatable bonds is 4. The van der Waals surface area contributed by atoms with Crippen molar-refractivity contribution < 1.29 is 19.4 Å². The molecule has 0 unspecified atom stereocenters. The minimum Gasteiger partial charge on any atom is -0.477 e. The van der Waals surface area contributed by atoms with Gasteiger partial charge in [-0.1, -0.05) is 36.4 Å². The van der Waals surface area contributed by atoms with Gasteiger partial charge in [-0.3, -0.25) is 4.79 Å². The van der Waals surface area contributed by atoms with E-state index in [0.717, 1.165) is 27.6 Å². The zero-order chi connectivity index (χ0) is 17.3. The number of aromatic amines is 1. The number of H-pyrrole nitrogens is 1. The van der Waals surface area contributed by atoms with E-state index in [9.17, 15) is 14.7 Å². The zero-order valence-corrected chi connectivity index (χ0v) is 13.4. The van der Waals surface area contributed by atoms with Gasteiger partial charge in [0, 0.05) is 10.9 Å². The number of methoxy groups -OCH3 is 1. The Morgan fingerprint density at radius 2 is 1.88 bits per heavy atom. The number of fused-ring (bicyclic) bond motifs is 1. The van der Waals surface area contributed by atoms with Gasteiger partial charge in [-0.2, -0.15) is 0 Å². The fraction of sp³-hybridized carbons (Fsp3) is 0.158. The van der Waals surface area contributed by atoms with E-state index in [1.807, 2.05) is 43.3 Å². The lowest BCUT2D eigenvalue weighted by molar-refractivity contribution is -0.139. The maximum absolute atomic E-state index is 11.6. The highest BCUT2D eigenvalue weighted by molar-refractivity contribution is 6.02. The second-order valence-electron chi connectivity index (χ2n) is 5.62. The molecule has 122 valence electrons. The van der Waals surface area contributed by atoms with Gasteiger partial charge in [-0.15, -0.1) is 0 Å². The first-order chi connectivity index (χ1) is 11.5. The van der Waals surface area contributed by atoms with E-state index < -0.39 is 5.97 Å². The van der Waals surface area contributed by atoms with E-state index >= 15 is 0 Å². The average molecular weight is 323 g/mol. The zero-order valence-electron chi connectivity index (χ0n) is 13.4. The summed E-state index contributed by atoms with van der Waals surface area (Å²) in [4.78, 5) is 25.9. The summed E-state index contributed by atoms with van der Waals surface area (Å²) < 4.78 is 4.73. The van der Waals surface area contributed by atoms with Crippen LogP contribution in [0.15, 0.2) is 42.5 Å². The lowest BCUT2D eigenvalue weighted by Gasteiger charge is -2.10. The van der Waals surface area contributed by atoms with Crippen LogP contribution in [0.2, 0.25) is 0 Å². The number of aromatic nitrogens is 1. The van der Waals surface area contributed by atoms with Gasteiger partial charge in [0.05, 0.1) is 19.0 Å². The van der Waals surface area contributed by atoms with Crippen LogP contribution >= 0.6 is 0 Å². The minimum atomic E-state index is -1.04. The molecule has 1 heterocycles. The topological polar surface area (TPSA) is 79.4 Å². The Kier molecular flexibility index (Phi) is 4.08. The van der Waals surface area contributed by atoms with Crippen LogP contribution in [0, 0.1) is 6.92 Å². The van der Waals surface area contributed by atoms with Gasteiger partial charge in [0.1, 0.15) is 5.69 Å². The molecule has 0 aliphatic carbocycles. The molecule has 1 aromatic heterocycles. The molecular weight excluding hydrogens is 306 g/mol. The summed E-state index contributed by atoms with van der Waals surface area (Å²) in [6.07, 6.45) is 0.0952. The molecule has 0 radical (unpaired) electrons. The van der Waals surface area contributed by atoms with E-state index in [2.05, 4.69) is 4.98 Å².